The van der Waals surface area contributed by atoms with Crippen LogP contribution in [0.1, 0.15) is 21.5 Å². The zero-order valence-corrected chi connectivity index (χ0v) is 14.3. The molecule has 0 saturated heterocycles. The number of aryl methyl sites for hydroxylation is 2. The molecule has 0 saturated carbocycles. The maximum absolute atomic E-state index is 12.2. The van der Waals surface area contributed by atoms with E-state index in [2.05, 4.69) is 15.5 Å². The second kappa shape index (κ2) is 6.78. The molecule has 0 unspecified atom stereocenters. The van der Waals surface area contributed by atoms with Crippen molar-refractivity contribution in [2.75, 3.05) is 5.32 Å². The molecule has 2 aromatic carbocycles. The lowest BCUT2D eigenvalue weighted by Crippen LogP contribution is -2.11. The monoisotopic (exact) mass is 354 g/mol. The van der Waals surface area contributed by atoms with E-state index in [1.165, 1.54) is 41.2 Å². The van der Waals surface area contributed by atoms with Gasteiger partial charge >= 0.3 is 0 Å². The van der Waals surface area contributed by atoms with E-state index in [1.807, 2.05) is 32.0 Å². The second-order valence-electron chi connectivity index (χ2n) is 5.47. The summed E-state index contributed by atoms with van der Waals surface area (Å²) in [5.41, 5.74) is 3.32. The topological polar surface area (TPSA) is 98.0 Å². The van der Waals surface area contributed by atoms with Crippen molar-refractivity contribution in [2.24, 2.45) is 0 Å². The number of nitrogens with one attached hydrogen (secondary N) is 1. The number of hydrogen-bond donors (Lipinski definition) is 1. The van der Waals surface area contributed by atoms with Gasteiger partial charge in [0.2, 0.25) is 5.13 Å². The third-order valence-electron chi connectivity index (χ3n) is 3.72. The smallest absolute Gasteiger partial charge is 0.270 e. The maximum atomic E-state index is 12.2. The molecule has 8 heteroatoms. The molecule has 0 bridgehead atoms. The van der Waals surface area contributed by atoms with Crippen molar-refractivity contribution in [3.63, 3.8) is 0 Å². The number of nitro groups is 1. The third kappa shape index (κ3) is 3.69. The van der Waals surface area contributed by atoms with Gasteiger partial charge in [-0.3, -0.25) is 20.2 Å². The Labute approximate surface area is 147 Å². The SMILES string of the molecule is Cc1ccc(-c2nnc(NC(=O)c3cccc([N+](=O)[O-])c3)s2)cc1C. The van der Waals surface area contributed by atoms with Crippen LogP contribution in [0.5, 0.6) is 0 Å². The minimum absolute atomic E-state index is 0.138. The first-order chi connectivity index (χ1) is 11.9. The van der Waals surface area contributed by atoms with Crippen molar-refractivity contribution >= 4 is 28.1 Å². The Morgan fingerprint density at radius 3 is 2.64 bits per heavy atom. The van der Waals surface area contributed by atoms with Crippen molar-refractivity contribution in [3.05, 3.63) is 69.3 Å². The zero-order chi connectivity index (χ0) is 18.0. The van der Waals surface area contributed by atoms with Crippen LogP contribution in [0.15, 0.2) is 42.5 Å². The van der Waals surface area contributed by atoms with Gasteiger partial charge < -0.3 is 0 Å². The Morgan fingerprint density at radius 2 is 1.92 bits per heavy atom. The molecule has 7 nitrogen and oxygen atoms in total. The van der Waals surface area contributed by atoms with Gasteiger partial charge in [0, 0.05) is 23.3 Å². The first-order valence-electron chi connectivity index (χ1n) is 7.41. The Balaban J connectivity index is 1.79. The highest BCUT2D eigenvalue weighted by Gasteiger charge is 2.14. The van der Waals surface area contributed by atoms with Gasteiger partial charge in [-0.15, -0.1) is 10.2 Å². The molecule has 1 N–H and O–H groups in total. The van der Waals surface area contributed by atoms with Gasteiger partial charge in [-0.05, 0) is 37.1 Å². The highest BCUT2D eigenvalue weighted by molar-refractivity contribution is 7.18. The van der Waals surface area contributed by atoms with Crippen LogP contribution in [0.3, 0.4) is 0 Å². The molecule has 1 heterocycles. The van der Waals surface area contributed by atoms with Crippen LogP contribution < -0.4 is 5.32 Å². The van der Waals surface area contributed by atoms with Crippen LogP contribution in [0.2, 0.25) is 0 Å². The van der Waals surface area contributed by atoms with E-state index in [4.69, 9.17) is 0 Å². The van der Waals surface area contributed by atoms with Crippen LogP contribution in [0.25, 0.3) is 10.6 Å². The lowest BCUT2D eigenvalue weighted by Gasteiger charge is -2.02. The molecule has 126 valence electrons. The molecule has 3 aromatic rings. The highest BCUT2D eigenvalue weighted by Crippen LogP contribution is 2.28. The first kappa shape index (κ1) is 16.7. The normalized spacial score (nSPS) is 10.5. The highest BCUT2D eigenvalue weighted by atomic mass is 32.1. The van der Waals surface area contributed by atoms with Crippen LogP contribution in [0.4, 0.5) is 10.8 Å². The second-order valence-corrected chi connectivity index (χ2v) is 6.45. The predicted molar refractivity (Wildman–Crippen MR) is 95.9 cm³/mol. The molecule has 0 aliphatic rings. The number of hydrogen-bond acceptors (Lipinski definition) is 6. The lowest BCUT2D eigenvalue weighted by molar-refractivity contribution is -0.384. The van der Waals surface area contributed by atoms with E-state index >= 15 is 0 Å². The van der Waals surface area contributed by atoms with Crippen molar-refractivity contribution in [1.82, 2.24) is 10.2 Å². The average Bonchev–Trinajstić information content (AvgIpc) is 3.06. The maximum Gasteiger partial charge on any atom is 0.270 e. The van der Waals surface area contributed by atoms with Gasteiger partial charge in [-0.1, -0.05) is 29.5 Å². The van der Waals surface area contributed by atoms with E-state index in [-0.39, 0.29) is 11.3 Å². The molecular formula is C17H14N4O3S. The quantitative estimate of drug-likeness (QED) is 0.564. The first-order valence-corrected chi connectivity index (χ1v) is 8.22. The Bertz CT molecular complexity index is 968. The Kier molecular flexibility index (Phi) is 4.53. The van der Waals surface area contributed by atoms with Gasteiger partial charge in [0.05, 0.1) is 4.92 Å². The minimum Gasteiger partial charge on any atom is -0.296 e. The molecule has 0 spiro atoms. The number of rotatable bonds is 4. The number of carbonyl (C=O) groups is 1. The van der Waals surface area contributed by atoms with Crippen molar-refractivity contribution < 1.29 is 9.72 Å². The van der Waals surface area contributed by atoms with Crippen LogP contribution in [-0.4, -0.2) is 21.0 Å². The number of benzene rings is 2. The van der Waals surface area contributed by atoms with E-state index < -0.39 is 10.8 Å². The molecule has 1 amide bonds. The molecule has 0 atom stereocenters. The zero-order valence-electron chi connectivity index (χ0n) is 13.5. The molecular weight excluding hydrogens is 340 g/mol. The van der Waals surface area contributed by atoms with E-state index in [1.54, 1.807) is 0 Å². The number of non-ortho nitro benzene ring substituents is 1. The summed E-state index contributed by atoms with van der Waals surface area (Å²) in [7, 11) is 0. The van der Waals surface area contributed by atoms with E-state index in [0.717, 1.165) is 11.1 Å². The van der Waals surface area contributed by atoms with Crippen molar-refractivity contribution in [1.29, 1.82) is 0 Å². The fourth-order valence-corrected chi connectivity index (χ4v) is 2.93. The summed E-state index contributed by atoms with van der Waals surface area (Å²) in [6, 6.07) is 11.5. The van der Waals surface area contributed by atoms with Gasteiger partial charge in [0.25, 0.3) is 11.6 Å². The summed E-state index contributed by atoms with van der Waals surface area (Å²) in [4.78, 5) is 22.5. The van der Waals surface area contributed by atoms with Crippen LogP contribution in [-0.2, 0) is 0 Å². The standard InChI is InChI=1S/C17H14N4O3S/c1-10-6-7-13(8-11(10)2)16-19-20-17(25-16)18-15(22)12-4-3-5-14(9-12)21(23)24/h3-9H,1-2H3,(H,18,20,22). The molecule has 25 heavy (non-hydrogen) atoms. The summed E-state index contributed by atoms with van der Waals surface area (Å²) in [6.07, 6.45) is 0. The Hall–Kier alpha value is -3.13. The summed E-state index contributed by atoms with van der Waals surface area (Å²) in [5.74, 6) is -0.466. The van der Waals surface area contributed by atoms with Crippen LogP contribution >= 0.6 is 11.3 Å². The summed E-state index contributed by atoms with van der Waals surface area (Å²) in [6.45, 7) is 4.05. The average molecular weight is 354 g/mol. The van der Waals surface area contributed by atoms with Gasteiger partial charge in [-0.25, -0.2) is 0 Å². The molecule has 0 radical (unpaired) electrons. The molecule has 3 rings (SSSR count). The number of amides is 1. The minimum atomic E-state index is -0.542. The summed E-state index contributed by atoms with van der Waals surface area (Å²) >= 11 is 1.25. The molecule has 0 aliphatic heterocycles. The fourth-order valence-electron chi connectivity index (χ4n) is 2.19. The fraction of sp³-hybridized carbons (Fsp3) is 0.118. The molecule has 1 aromatic heterocycles. The summed E-state index contributed by atoms with van der Waals surface area (Å²) in [5, 5.41) is 22.5. The summed E-state index contributed by atoms with van der Waals surface area (Å²) < 4.78 is 0. The molecule has 0 fully saturated rings. The number of nitrogens with zero attached hydrogens (tertiary/aromatic N) is 3. The number of aromatic nitrogens is 2. The number of nitro benzene ring substituents is 1. The van der Waals surface area contributed by atoms with E-state index in [0.29, 0.717) is 10.1 Å². The number of anilines is 1. The third-order valence-corrected chi connectivity index (χ3v) is 4.61. The Morgan fingerprint density at radius 1 is 1.12 bits per heavy atom. The lowest BCUT2D eigenvalue weighted by atomic mass is 10.1. The van der Waals surface area contributed by atoms with Gasteiger partial charge in [0.15, 0.2) is 0 Å². The van der Waals surface area contributed by atoms with Gasteiger partial charge in [-0.2, -0.15) is 0 Å². The van der Waals surface area contributed by atoms with Crippen molar-refractivity contribution in [2.45, 2.75) is 13.8 Å². The predicted octanol–water partition coefficient (Wildman–Crippen LogP) is 3.98. The van der Waals surface area contributed by atoms with Crippen LogP contribution in [0, 0.1) is 24.0 Å². The number of carbonyl (C=O) groups excluding carboxylic acids is 1. The van der Waals surface area contributed by atoms with E-state index in [9.17, 15) is 14.9 Å². The van der Waals surface area contributed by atoms with Gasteiger partial charge in [0.1, 0.15) is 5.01 Å². The molecule has 0 aliphatic carbocycles. The van der Waals surface area contributed by atoms with Crippen molar-refractivity contribution in [3.8, 4) is 10.6 Å². The largest absolute Gasteiger partial charge is 0.296 e.